The minimum Gasteiger partial charge on any atom is -0.481 e. The van der Waals surface area contributed by atoms with E-state index in [9.17, 15) is 9.18 Å². The highest BCUT2D eigenvalue weighted by molar-refractivity contribution is 5.70. The van der Waals surface area contributed by atoms with Crippen molar-refractivity contribution in [2.45, 2.75) is 26.3 Å². The van der Waals surface area contributed by atoms with Gasteiger partial charge in [-0.3, -0.25) is 4.79 Å². The summed E-state index contributed by atoms with van der Waals surface area (Å²) < 4.78 is 13.0. The highest BCUT2D eigenvalue weighted by Crippen LogP contribution is 2.23. The first kappa shape index (κ1) is 17.1. The minimum atomic E-state index is -0.722. The van der Waals surface area contributed by atoms with Crippen molar-refractivity contribution in [2.75, 3.05) is 23.3 Å². The summed E-state index contributed by atoms with van der Waals surface area (Å²) in [6, 6.07) is 8.19. The Morgan fingerprint density at radius 3 is 2.60 bits per heavy atom. The fraction of sp³-hybridized carbons (Fsp3) is 0.389. The number of carboxylic acid groups (broad SMARTS) is 1. The van der Waals surface area contributed by atoms with Crippen molar-refractivity contribution in [3.8, 4) is 0 Å². The molecule has 1 aliphatic rings. The summed E-state index contributed by atoms with van der Waals surface area (Å²) in [6.07, 6.45) is 1.24. The molecule has 0 saturated carbocycles. The maximum atomic E-state index is 13.0. The molecule has 0 unspecified atom stereocenters. The number of hydrogen-bond donors (Lipinski definition) is 2. The zero-order valence-electron chi connectivity index (χ0n) is 14.1. The Bertz CT molecular complexity index is 743. The number of rotatable bonds is 5. The van der Waals surface area contributed by atoms with Crippen molar-refractivity contribution in [1.82, 2.24) is 9.97 Å². The van der Waals surface area contributed by atoms with Crippen LogP contribution >= 0.6 is 0 Å². The van der Waals surface area contributed by atoms with Crippen molar-refractivity contribution in [3.63, 3.8) is 0 Å². The molecule has 132 valence electrons. The summed E-state index contributed by atoms with van der Waals surface area (Å²) in [7, 11) is 0. The minimum absolute atomic E-state index is 0.261. The molecule has 6 nitrogen and oxygen atoms in total. The monoisotopic (exact) mass is 344 g/mol. The molecule has 2 heterocycles. The van der Waals surface area contributed by atoms with Crippen LogP contribution in [-0.4, -0.2) is 34.1 Å². The lowest BCUT2D eigenvalue weighted by Crippen LogP contribution is -2.37. The maximum Gasteiger partial charge on any atom is 0.306 e. The van der Waals surface area contributed by atoms with Crippen molar-refractivity contribution in [3.05, 3.63) is 47.4 Å². The topological polar surface area (TPSA) is 78.4 Å². The molecule has 0 atom stereocenters. The molecule has 7 heteroatoms. The Labute approximate surface area is 145 Å². The Kier molecular flexibility index (Phi) is 5.11. The molecule has 0 aliphatic carbocycles. The maximum absolute atomic E-state index is 13.0. The predicted octanol–water partition coefficient (Wildman–Crippen LogP) is 2.84. The van der Waals surface area contributed by atoms with E-state index in [2.05, 4.69) is 20.2 Å². The standard InChI is InChI=1S/C18H21FN4O2/c1-12-10-16(23-8-6-14(7-9-23)17(24)25)22-18(21-12)20-11-13-2-4-15(19)5-3-13/h2-5,10,14H,6-9,11H2,1H3,(H,24,25)(H,20,21,22). The van der Waals surface area contributed by atoms with E-state index in [1.807, 2.05) is 13.0 Å². The fourth-order valence-corrected chi connectivity index (χ4v) is 2.93. The second-order valence-corrected chi connectivity index (χ2v) is 6.27. The van der Waals surface area contributed by atoms with E-state index in [0.717, 1.165) is 17.1 Å². The van der Waals surface area contributed by atoms with Crippen molar-refractivity contribution in [2.24, 2.45) is 5.92 Å². The van der Waals surface area contributed by atoms with Crippen LogP contribution in [0, 0.1) is 18.7 Å². The normalized spacial score (nSPS) is 15.2. The first-order valence-corrected chi connectivity index (χ1v) is 8.33. The van der Waals surface area contributed by atoms with E-state index in [0.29, 0.717) is 38.4 Å². The first-order chi connectivity index (χ1) is 12.0. The molecule has 2 aromatic rings. The predicted molar refractivity (Wildman–Crippen MR) is 93.1 cm³/mol. The molecule has 1 fully saturated rings. The number of piperidine rings is 1. The van der Waals surface area contributed by atoms with Crippen LogP contribution in [0.25, 0.3) is 0 Å². The van der Waals surface area contributed by atoms with Crippen LogP contribution in [-0.2, 0) is 11.3 Å². The summed E-state index contributed by atoms with van der Waals surface area (Å²) in [5.74, 6) is 0.0654. The van der Waals surface area contributed by atoms with E-state index in [1.165, 1.54) is 12.1 Å². The van der Waals surface area contributed by atoms with Crippen molar-refractivity contribution in [1.29, 1.82) is 0 Å². The Balaban J connectivity index is 1.66. The number of halogens is 1. The van der Waals surface area contributed by atoms with Crippen LogP contribution in [0.1, 0.15) is 24.1 Å². The zero-order chi connectivity index (χ0) is 17.8. The molecule has 0 bridgehead atoms. The number of anilines is 2. The van der Waals surface area contributed by atoms with Gasteiger partial charge < -0.3 is 15.3 Å². The van der Waals surface area contributed by atoms with Crippen LogP contribution in [0.15, 0.2) is 30.3 Å². The Morgan fingerprint density at radius 1 is 1.28 bits per heavy atom. The molecule has 0 radical (unpaired) electrons. The Hall–Kier alpha value is -2.70. The number of aromatic nitrogens is 2. The summed E-state index contributed by atoms with van der Waals surface area (Å²) in [5.41, 5.74) is 1.78. The van der Waals surface area contributed by atoms with Gasteiger partial charge in [-0.15, -0.1) is 0 Å². The first-order valence-electron chi connectivity index (χ1n) is 8.33. The van der Waals surface area contributed by atoms with E-state index in [1.54, 1.807) is 12.1 Å². The van der Waals surface area contributed by atoms with Gasteiger partial charge in [0.2, 0.25) is 5.95 Å². The zero-order valence-corrected chi connectivity index (χ0v) is 14.1. The molecule has 3 rings (SSSR count). The molecular formula is C18H21FN4O2. The van der Waals surface area contributed by atoms with E-state index in [4.69, 9.17) is 5.11 Å². The number of benzene rings is 1. The summed E-state index contributed by atoms with van der Waals surface area (Å²) in [5, 5.41) is 12.3. The van der Waals surface area contributed by atoms with Gasteiger partial charge in [-0.05, 0) is 37.5 Å². The third kappa shape index (κ3) is 4.43. The van der Waals surface area contributed by atoms with E-state index in [-0.39, 0.29) is 11.7 Å². The third-order valence-corrected chi connectivity index (χ3v) is 4.37. The van der Waals surface area contributed by atoms with Gasteiger partial charge in [-0.25, -0.2) is 9.37 Å². The lowest BCUT2D eigenvalue weighted by Gasteiger charge is -2.31. The smallest absolute Gasteiger partial charge is 0.306 e. The van der Waals surface area contributed by atoms with Gasteiger partial charge in [0.1, 0.15) is 11.6 Å². The summed E-state index contributed by atoms with van der Waals surface area (Å²) >= 11 is 0. The molecular weight excluding hydrogens is 323 g/mol. The SMILES string of the molecule is Cc1cc(N2CCC(C(=O)O)CC2)nc(NCc2ccc(F)cc2)n1. The van der Waals surface area contributed by atoms with Crippen LogP contribution in [0.3, 0.4) is 0 Å². The van der Waals surface area contributed by atoms with Crippen LogP contribution in [0.5, 0.6) is 0 Å². The van der Waals surface area contributed by atoms with E-state index < -0.39 is 5.97 Å². The summed E-state index contributed by atoms with van der Waals surface area (Å²) in [6.45, 7) is 3.75. The van der Waals surface area contributed by atoms with Gasteiger partial charge >= 0.3 is 5.97 Å². The van der Waals surface area contributed by atoms with Crippen LogP contribution < -0.4 is 10.2 Å². The van der Waals surface area contributed by atoms with Crippen LogP contribution in [0.2, 0.25) is 0 Å². The van der Waals surface area contributed by atoms with Crippen molar-refractivity contribution < 1.29 is 14.3 Å². The molecule has 1 aromatic heterocycles. The Morgan fingerprint density at radius 2 is 1.96 bits per heavy atom. The molecule has 0 spiro atoms. The quantitative estimate of drug-likeness (QED) is 0.868. The molecule has 1 aliphatic heterocycles. The molecule has 1 saturated heterocycles. The average Bonchev–Trinajstić information content (AvgIpc) is 2.61. The van der Waals surface area contributed by atoms with Gasteiger partial charge in [-0.2, -0.15) is 4.98 Å². The number of nitrogens with zero attached hydrogens (tertiary/aromatic N) is 3. The second-order valence-electron chi connectivity index (χ2n) is 6.27. The molecule has 0 amide bonds. The highest BCUT2D eigenvalue weighted by atomic mass is 19.1. The lowest BCUT2D eigenvalue weighted by atomic mass is 9.97. The summed E-state index contributed by atoms with van der Waals surface area (Å²) in [4.78, 5) is 22.1. The number of aliphatic carboxylic acids is 1. The third-order valence-electron chi connectivity index (χ3n) is 4.37. The number of aryl methyl sites for hydroxylation is 1. The second kappa shape index (κ2) is 7.46. The van der Waals surface area contributed by atoms with Gasteiger partial charge in [-0.1, -0.05) is 12.1 Å². The van der Waals surface area contributed by atoms with Crippen molar-refractivity contribution >= 4 is 17.7 Å². The molecule has 1 aromatic carbocycles. The van der Waals surface area contributed by atoms with Gasteiger partial charge in [0, 0.05) is 31.4 Å². The average molecular weight is 344 g/mol. The van der Waals surface area contributed by atoms with Gasteiger partial charge in [0.05, 0.1) is 5.92 Å². The number of hydrogen-bond acceptors (Lipinski definition) is 5. The number of nitrogens with one attached hydrogen (secondary N) is 1. The van der Waals surface area contributed by atoms with Crippen LogP contribution in [0.4, 0.5) is 16.2 Å². The fourth-order valence-electron chi connectivity index (χ4n) is 2.93. The molecule has 25 heavy (non-hydrogen) atoms. The molecule has 2 N–H and O–H groups in total. The van der Waals surface area contributed by atoms with Gasteiger partial charge in [0.15, 0.2) is 0 Å². The lowest BCUT2D eigenvalue weighted by molar-refractivity contribution is -0.142. The largest absolute Gasteiger partial charge is 0.481 e. The van der Waals surface area contributed by atoms with E-state index >= 15 is 0 Å². The number of carboxylic acids is 1. The number of carbonyl (C=O) groups is 1. The van der Waals surface area contributed by atoms with Gasteiger partial charge in [0.25, 0.3) is 0 Å². The highest BCUT2D eigenvalue weighted by Gasteiger charge is 2.25.